The predicted molar refractivity (Wildman–Crippen MR) is 93.0 cm³/mol. The van der Waals surface area contributed by atoms with Crippen LogP contribution in [-0.2, 0) is 23.5 Å². The van der Waals surface area contributed by atoms with Gasteiger partial charge in [0.1, 0.15) is 5.82 Å². The van der Waals surface area contributed by atoms with Gasteiger partial charge in [-0.3, -0.25) is 4.72 Å². The van der Waals surface area contributed by atoms with E-state index in [9.17, 15) is 8.42 Å². The van der Waals surface area contributed by atoms with Crippen molar-refractivity contribution in [1.29, 1.82) is 0 Å². The zero-order valence-corrected chi connectivity index (χ0v) is 14.0. The number of sulfonamides is 1. The van der Waals surface area contributed by atoms with Crippen molar-refractivity contribution in [3.05, 3.63) is 59.9 Å². The Kier molecular flexibility index (Phi) is 4.09. The van der Waals surface area contributed by atoms with E-state index in [0.29, 0.717) is 12.1 Å². The third-order valence-electron chi connectivity index (χ3n) is 3.88. The molecule has 0 saturated carbocycles. The summed E-state index contributed by atoms with van der Waals surface area (Å²) in [5.74, 6) is 0.945. The Hall–Kier alpha value is -2.34. The first-order valence-electron chi connectivity index (χ1n) is 7.42. The van der Waals surface area contributed by atoms with E-state index in [1.54, 1.807) is 12.1 Å². The molecule has 1 aromatic heterocycles. The Balaban J connectivity index is 1.75. The second-order valence-corrected chi connectivity index (χ2v) is 7.42. The van der Waals surface area contributed by atoms with Crippen LogP contribution in [0, 0.1) is 6.92 Å². The van der Waals surface area contributed by atoms with Crippen molar-refractivity contribution < 1.29 is 8.42 Å². The zero-order valence-electron chi connectivity index (χ0n) is 13.2. The van der Waals surface area contributed by atoms with E-state index in [2.05, 4.69) is 9.71 Å². The monoisotopic (exact) mass is 329 g/mol. The molecule has 0 saturated heterocycles. The number of hydrogen-bond acceptors (Lipinski definition) is 3. The van der Waals surface area contributed by atoms with E-state index in [4.69, 9.17) is 0 Å². The third-order valence-corrected chi connectivity index (χ3v) is 5.17. The summed E-state index contributed by atoms with van der Waals surface area (Å²) >= 11 is 0. The maximum Gasteiger partial charge on any atom is 0.233 e. The molecule has 3 aromatic rings. The Labute approximate surface area is 136 Å². The number of aryl methyl sites for hydroxylation is 3. The summed E-state index contributed by atoms with van der Waals surface area (Å²) in [4.78, 5) is 4.43. The quantitative estimate of drug-likeness (QED) is 0.783. The van der Waals surface area contributed by atoms with Gasteiger partial charge in [0, 0.05) is 7.05 Å². The van der Waals surface area contributed by atoms with E-state index in [1.807, 2.05) is 54.9 Å². The summed E-state index contributed by atoms with van der Waals surface area (Å²) < 4.78 is 29.1. The molecule has 3 rings (SSSR count). The highest BCUT2D eigenvalue weighted by Gasteiger charge is 2.12. The lowest BCUT2D eigenvalue weighted by atomic mass is 10.2. The molecule has 2 aromatic carbocycles. The number of imidazole rings is 1. The third kappa shape index (κ3) is 3.53. The van der Waals surface area contributed by atoms with Gasteiger partial charge < -0.3 is 4.57 Å². The summed E-state index contributed by atoms with van der Waals surface area (Å²) in [5, 5.41) is 0. The van der Waals surface area contributed by atoms with E-state index < -0.39 is 10.0 Å². The number of anilines is 1. The number of nitrogens with one attached hydrogen (secondary N) is 1. The fraction of sp³-hybridized carbons (Fsp3) is 0.235. The van der Waals surface area contributed by atoms with E-state index in [1.165, 1.54) is 0 Å². The molecule has 0 unspecified atom stereocenters. The number of aromatic nitrogens is 2. The normalized spacial score (nSPS) is 11.7. The largest absolute Gasteiger partial charge is 0.331 e. The summed E-state index contributed by atoms with van der Waals surface area (Å²) in [5.41, 5.74) is 3.32. The number of fused-ring (bicyclic) bond motifs is 1. The van der Waals surface area contributed by atoms with Crippen LogP contribution in [0.1, 0.15) is 11.4 Å². The number of nitrogens with zero attached hydrogens (tertiary/aromatic N) is 2. The van der Waals surface area contributed by atoms with E-state index in [-0.39, 0.29) is 5.75 Å². The predicted octanol–water partition coefficient (Wildman–Crippen LogP) is 2.87. The molecule has 0 atom stereocenters. The van der Waals surface area contributed by atoms with Crippen molar-refractivity contribution in [3.8, 4) is 0 Å². The molecule has 6 heteroatoms. The molecule has 1 heterocycles. The van der Waals surface area contributed by atoms with Crippen LogP contribution in [0.4, 0.5) is 5.69 Å². The van der Waals surface area contributed by atoms with Crippen LogP contribution in [0.3, 0.4) is 0 Å². The SMILES string of the molecule is Cc1nc2cc(NS(=O)(=O)CCc3ccccc3)ccc2n1C. The molecule has 0 radical (unpaired) electrons. The van der Waals surface area contributed by atoms with Crippen LogP contribution in [0.2, 0.25) is 0 Å². The molecule has 23 heavy (non-hydrogen) atoms. The summed E-state index contributed by atoms with van der Waals surface area (Å²) in [6, 6.07) is 15.0. The molecular formula is C17H19N3O2S. The lowest BCUT2D eigenvalue weighted by Gasteiger charge is -2.08. The molecule has 120 valence electrons. The van der Waals surface area contributed by atoms with Gasteiger partial charge in [-0.25, -0.2) is 13.4 Å². The smallest absolute Gasteiger partial charge is 0.233 e. The minimum atomic E-state index is -3.39. The molecule has 0 aliphatic rings. The Morgan fingerprint density at radius 2 is 1.87 bits per heavy atom. The lowest BCUT2D eigenvalue weighted by Crippen LogP contribution is -2.18. The Bertz CT molecular complexity index is 931. The topological polar surface area (TPSA) is 64.0 Å². The second kappa shape index (κ2) is 6.04. The standard InChI is InChI=1S/C17H19N3O2S/c1-13-18-16-12-15(8-9-17(16)20(13)2)19-23(21,22)11-10-14-6-4-3-5-7-14/h3-9,12,19H,10-11H2,1-2H3. The van der Waals surface area contributed by atoms with Crippen molar-refractivity contribution in [3.63, 3.8) is 0 Å². The molecule has 0 spiro atoms. The van der Waals surface area contributed by atoms with Crippen molar-refractivity contribution in [2.24, 2.45) is 7.05 Å². The van der Waals surface area contributed by atoms with Gasteiger partial charge >= 0.3 is 0 Å². The van der Waals surface area contributed by atoms with Gasteiger partial charge in [0.25, 0.3) is 0 Å². The first-order chi connectivity index (χ1) is 10.9. The van der Waals surface area contributed by atoms with Crippen LogP contribution < -0.4 is 4.72 Å². The van der Waals surface area contributed by atoms with Crippen LogP contribution in [0.15, 0.2) is 48.5 Å². The first kappa shape index (κ1) is 15.6. The maximum atomic E-state index is 12.2. The molecule has 1 N–H and O–H groups in total. The molecule has 0 aliphatic carbocycles. The van der Waals surface area contributed by atoms with Crippen LogP contribution in [0.25, 0.3) is 11.0 Å². The lowest BCUT2D eigenvalue weighted by molar-refractivity contribution is 0.600. The highest BCUT2D eigenvalue weighted by Crippen LogP contribution is 2.20. The van der Waals surface area contributed by atoms with Crippen molar-refractivity contribution in [2.45, 2.75) is 13.3 Å². The van der Waals surface area contributed by atoms with Gasteiger partial charge in [-0.2, -0.15) is 0 Å². The summed E-state index contributed by atoms with van der Waals surface area (Å²) in [7, 11) is -1.45. The molecule has 0 amide bonds. The fourth-order valence-electron chi connectivity index (χ4n) is 2.51. The van der Waals surface area contributed by atoms with Crippen LogP contribution >= 0.6 is 0 Å². The van der Waals surface area contributed by atoms with Gasteiger partial charge in [-0.15, -0.1) is 0 Å². The average Bonchev–Trinajstić information content (AvgIpc) is 2.80. The van der Waals surface area contributed by atoms with Gasteiger partial charge in [-0.1, -0.05) is 30.3 Å². The maximum absolute atomic E-state index is 12.2. The van der Waals surface area contributed by atoms with E-state index >= 15 is 0 Å². The molecule has 5 nitrogen and oxygen atoms in total. The van der Waals surface area contributed by atoms with Crippen LogP contribution in [0.5, 0.6) is 0 Å². The molecular weight excluding hydrogens is 310 g/mol. The fourth-order valence-corrected chi connectivity index (χ4v) is 3.60. The number of hydrogen-bond donors (Lipinski definition) is 1. The van der Waals surface area contributed by atoms with E-state index in [0.717, 1.165) is 22.4 Å². The highest BCUT2D eigenvalue weighted by molar-refractivity contribution is 7.92. The van der Waals surface area contributed by atoms with Crippen molar-refractivity contribution >= 4 is 26.7 Å². The Morgan fingerprint density at radius 3 is 2.61 bits per heavy atom. The van der Waals surface area contributed by atoms with Crippen molar-refractivity contribution in [1.82, 2.24) is 9.55 Å². The molecule has 0 fully saturated rings. The minimum Gasteiger partial charge on any atom is -0.331 e. The summed E-state index contributed by atoms with van der Waals surface area (Å²) in [6.45, 7) is 1.92. The average molecular weight is 329 g/mol. The number of benzene rings is 2. The second-order valence-electron chi connectivity index (χ2n) is 5.58. The zero-order chi connectivity index (χ0) is 16.4. The molecule has 0 bridgehead atoms. The minimum absolute atomic E-state index is 0.0519. The highest BCUT2D eigenvalue weighted by atomic mass is 32.2. The van der Waals surface area contributed by atoms with Crippen molar-refractivity contribution in [2.75, 3.05) is 10.5 Å². The summed E-state index contributed by atoms with van der Waals surface area (Å²) in [6.07, 6.45) is 0.487. The first-order valence-corrected chi connectivity index (χ1v) is 9.07. The molecule has 0 aliphatic heterocycles. The van der Waals surface area contributed by atoms with Gasteiger partial charge in [0.15, 0.2) is 0 Å². The van der Waals surface area contributed by atoms with Gasteiger partial charge in [0.2, 0.25) is 10.0 Å². The van der Waals surface area contributed by atoms with Gasteiger partial charge in [0.05, 0.1) is 22.5 Å². The van der Waals surface area contributed by atoms with Gasteiger partial charge in [-0.05, 0) is 37.1 Å². The Morgan fingerprint density at radius 1 is 1.13 bits per heavy atom. The number of rotatable bonds is 5. The van der Waals surface area contributed by atoms with Crippen LogP contribution in [-0.4, -0.2) is 23.7 Å².